The summed E-state index contributed by atoms with van der Waals surface area (Å²) in [5.74, 6) is 1.63. The van der Waals surface area contributed by atoms with Gasteiger partial charge in [0.25, 0.3) is 0 Å². The number of guanidine groups is 1. The summed E-state index contributed by atoms with van der Waals surface area (Å²) in [5.41, 5.74) is 0. The highest BCUT2D eigenvalue weighted by atomic mass is 79.9. The van der Waals surface area contributed by atoms with Crippen molar-refractivity contribution in [3.8, 4) is 5.75 Å². The molecule has 8 heteroatoms. The molecule has 1 N–H and O–H groups in total. The molecule has 6 nitrogen and oxygen atoms in total. The van der Waals surface area contributed by atoms with Crippen LogP contribution in [0.2, 0.25) is 0 Å². The van der Waals surface area contributed by atoms with E-state index in [2.05, 4.69) is 26.2 Å². The Morgan fingerprint density at radius 2 is 2.12 bits per heavy atom. The molecule has 1 atom stereocenters. The second kappa shape index (κ2) is 7.95. The van der Waals surface area contributed by atoms with Crippen LogP contribution in [0.5, 0.6) is 5.75 Å². The third-order valence-electron chi connectivity index (χ3n) is 4.27. The highest BCUT2D eigenvalue weighted by molar-refractivity contribution is 9.10. The molecule has 1 unspecified atom stereocenters. The second-order valence-corrected chi connectivity index (χ2v) is 10.4. The SMILES string of the molecule is CN=C(NCC(C)Oc1ccccc1Br)N1CCS(=O)(=O)C(C)(C)C1. The number of nitrogens with zero attached hydrogens (tertiary/aromatic N) is 2. The summed E-state index contributed by atoms with van der Waals surface area (Å²) in [7, 11) is -1.36. The van der Waals surface area contributed by atoms with Crippen LogP contribution in [0.1, 0.15) is 20.8 Å². The Hall–Kier alpha value is -1.28. The Labute approximate surface area is 158 Å². The number of hydrogen-bond donors (Lipinski definition) is 1. The second-order valence-electron chi connectivity index (χ2n) is 6.79. The van der Waals surface area contributed by atoms with Crippen molar-refractivity contribution >= 4 is 31.7 Å². The highest BCUT2D eigenvalue weighted by Crippen LogP contribution is 2.25. The zero-order valence-corrected chi connectivity index (χ0v) is 17.5. The van der Waals surface area contributed by atoms with E-state index in [1.54, 1.807) is 20.9 Å². The topological polar surface area (TPSA) is 71.0 Å². The first-order valence-electron chi connectivity index (χ1n) is 8.25. The van der Waals surface area contributed by atoms with E-state index in [-0.39, 0.29) is 11.9 Å². The van der Waals surface area contributed by atoms with Crippen LogP contribution >= 0.6 is 15.9 Å². The third-order valence-corrected chi connectivity index (χ3v) is 7.46. The fourth-order valence-electron chi connectivity index (χ4n) is 2.69. The first-order valence-corrected chi connectivity index (χ1v) is 10.7. The van der Waals surface area contributed by atoms with Gasteiger partial charge in [-0.3, -0.25) is 4.99 Å². The molecular formula is C17H26BrN3O3S. The molecule has 0 saturated carbocycles. The van der Waals surface area contributed by atoms with Gasteiger partial charge in [0, 0.05) is 20.1 Å². The Morgan fingerprint density at radius 1 is 1.44 bits per heavy atom. The smallest absolute Gasteiger partial charge is 0.193 e. The van der Waals surface area contributed by atoms with Gasteiger partial charge < -0.3 is 15.0 Å². The number of ether oxygens (including phenoxy) is 1. The number of nitrogens with one attached hydrogen (secondary N) is 1. The van der Waals surface area contributed by atoms with Gasteiger partial charge in [0.1, 0.15) is 11.9 Å². The van der Waals surface area contributed by atoms with E-state index in [9.17, 15) is 8.42 Å². The number of sulfone groups is 1. The maximum atomic E-state index is 12.1. The van der Waals surface area contributed by atoms with Crippen LogP contribution < -0.4 is 10.1 Å². The minimum Gasteiger partial charge on any atom is -0.488 e. The number of benzene rings is 1. The van der Waals surface area contributed by atoms with Crippen molar-refractivity contribution < 1.29 is 13.2 Å². The molecule has 1 aliphatic rings. The van der Waals surface area contributed by atoms with Gasteiger partial charge in [0.2, 0.25) is 0 Å². The van der Waals surface area contributed by atoms with Gasteiger partial charge in [-0.05, 0) is 48.8 Å². The van der Waals surface area contributed by atoms with Crippen LogP contribution in [0.3, 0.4) is 0 Å². The number of rotatable bonds is 4. The van der Waals surface area contributed by atoms with E-state index < -0.39 is 14.6 Å². The molecule has 0 spiro atoms. The molecule has 1 aromatic rings. The Kier molecular flexibility index (Phi) is 6.37. The predicted octanol–water partition coefficient (Wildman–Crippen LogP) is 2.30. The molecule has 0 radical (unpaired) electrons. The summed E-state index contributed by atoms with van der Waals surface area (Å²) in [5, 5.41) is 3.28. The molecule has 0 aliphatic carbocycles. The molecule has 1 saturated heterocycles. The fraction of sp³-hybridized carbons (Fsp3) is 0.588. The van der Waals surface area contributed by atoms with Crippen molar-refractivity contribution in [2.75, 3.05) is 32.4 Å². The number of aliphatic imine (C=N–C) groups is 1. The van der Waals surface area contributed by atoms with E-state index in [1.807, 2.05) is 36.1 Å². The molecule has 2 rings (SSSR count). The fourth-order valence-corrected chi connectivity index (χ4v) is 4.43. The lowest BCUT2D eigenvalue weighted by molar-refractivity contribution is 0.220. The lowest BCUT2D eigenvalue weighted by Crippen LogP contribution is -2.57. The van der Waals surface area contributed by atoms with Gasteiger partial charge in [-0.2, -0.15) is 0 Å². The molecule has 1 fully saturated rings. The summed E-state index contributed by atoms with van der Waals surface area (Å²) >= 11 is 3.47. The van der Waals surface area contributed by atoms with Gasteiger partial charge in [-0.25, -0.2) is 8.42 Å². The molecule has 0 bridgehead atoms. The summed E-state index contributed by atoms with van der Waals surface area (Å²) in [6.07, 6.45) is -0.0722. The molecule has 1 aromatic carbocycles. The van der Waals surface area contributed by atoms with E-state index in [0.717, 1.165) is 10.2 Å². The minimum atomic E-state index is -3.07. The third kappa shape index (κ3) is 4.88. The number of hydrogen-bond acceptors (Lipinski definition) is 4. The van der Waals surface area contributed by atoms with Gasteiger partial charge in [0.05, 0.1) is 21.5 Å². The molecule has 0 amide bonds. The lowest BCUT2D eigenvalue weighted by Gasteiger charge is -2.39. The van der Waals surface area contributed by atoms with Crippen molar-refractivity contribution in [3.05, 3.63) is 28.7 Å². The molecule has 1 aliphatic heterocycles. The van der Waals surface area contributed by atoms with E-state index in [4.69, 9.17) is 4.74 Å². The van der Waals surface area contributed by atoms with E-state index in [0.29, 0.717) is 25.6 Å². The van der Waals surface area contributed by atoms with Crippen molar-refractivity contribution in [1.82, 2.24) is 10.2 Å². The summed E-state index contributed by atoms with van der Waals surface area (Å²) in [6, 6.07) is 7.71. The van der Waals surface area contributed by atoms with Gasteiger partial charge in [-0.15, -0.1) is 0 Å². The van der Waals surface area contributed by atoms with Gasteiger partial charge in [0.15, 0.2) is 15.8 Å². The van der Waals surface area contributed by atoms with Gasteiger partial charge >= 0.3 is 0 Å². The van der Waals surface area contributed by atoms with Crippen molar-refractivity contribution in [3.63, 3.8) is 0 Å². The van der Waals surface area contributed by atoms with Crippen LogP contribution in [0.15, 0.2) is 33.7 Å². The minimum absolute atomic E-state index is 0.0722. The van der Waals surface area contributed by atoms with Crippen molar-refractivity contribution in [1.29, 1.82) is 0 Å². The molecular weight excluding hydrogens is 406 g/mol. The summed E-state index contributed by atoms with van der Waals surface area (Å²) in [6.45, 7) is 6.95. The summed E-state index contributed by atoms with van der Waals surface area (Å²) < 4.78 is 30.4. The lowest BCUT2D eigenvalue weighted by atomic mass is 10.2. The number of para-hydroxylation sites is 1. The van der Waals surface area contributed by atoms with Crippen LogP contribution in [-0.2, 0) is 9.84 Å². The van der Waals surface area contributed by atoms with Crippen LogP contribution in [0.4, 0.5) is 0 Å². The zero-order chi connectivity index (χ0) is 18.7. The average Bonchev–Trinajstić information content (AvgIpc) is 2.53. The normalized spacial score (nSPS) is 20.8. The van der Waals surface area contributed by atoms with Crippen LogP contribution in [0.25, 0.3) is 0 Å². The summed E-state index contributed by atoms with van der Waals surface area (Å²) in [4.78, 5) is 6.29. The van der Waals surface area contributed by atoms with Crippen molar-refractivity contribution in [2.45, 2.75) is 31.6 Å². The number of halogens is 1. The largest absolute Gasteiger partial charge is 0.488 e. The molecule has 0 aromatic heterocycles. The van der Waals surface area contributed by atoms with Crippen LogP contribution in [-0.4, -0.2) is 62.6 Å². The first kappa shape index (κ1) is 20.0. The predicted molar refractivity (Wildman–Crippen MR) is 105 cm³/mol. The Balaban J connectivity index is 1.94. The van der Waals surface area contributed by atoms with Crippen molar-refractivity contribution in [2.24, 2.45) is 4.99 Å². The molecule has 25 heavy (non-hydrogen) atoms. The molecule has 1 heterocycles. The monoisotopic (exact) mass is 431 g/mol. The maximum absolute atomic E-state index is 12.1. The first-order chi connectivity index (χ1) is 11.7. The van der Waals surface area contributed by atoms with Gasteiger partial charge in [-0.1, -0.05) is 12.1 Å². The standard InChI is InChI=1S/C17H26BrN3O3S/c1-13(24-15-8-6-5-7-14(15)18)11-20-16(19-4)21-9-10-25(22,23)17(2,3)12-21/h5-8,13H,9-12H2,1-4H3,(H,19,20). The molecule has 140 valence electrons. The van der Waals surface area contributed by atoms with Crippen LogP contribution in [0, 0.1) is 0 Å². The highest BCUT2D eigenvalue weighted by Gasteiger charge is 2.40. The zero-order valence-electron chi connectivity index (χ0n) is 15.1. The van der Waals surface area contributed by atoms with E-state index >= 15 is 0 Å². The Bertz CT molecular complexity index is 734. The Morgan fingerprint density at radius 3 is 2.72 bits per heavy atom. The van der Waals surface area contributed by atoms with E-state index in [1.165, 1.54) is 0 Å². The average molecular weight is 432 g/mol. The quantitative estimate of drug-likeness (QED) is 0.584. The maximum Gasteiger partial charge on any atom is 0.193 e.